The minimum atomic E-state index is -0.185. The standard InChI is InChI=1S/C14H22N2OS/c1-10-8-12(18-11(10)2)13(17)16-9-14(15)6-4-3-5-7-14/h8H,3-7,9,15H2,1-2H3,(H,16,17). The molecule has 0 unspecified atom stereocenters. The summed E-state index contributed by atoms with van der Waals surface area (Å²) in [6.45, 7) is 4.68. The van der Waals surface area contributed by atoms with Crippen LogP contribution in [0.25, 0.3) is 0 Å². The number of carbonyl (C=O) groups excluding carboxylic acids is 1. The maximum atomic E-state index is 12.0. The third-order valence-electron chi connectivity index (χ3n) is 3.84. The highest BCUT2D eigenvalue weighted by Crippen LogP contribution is 2.25. The van der Waals surface area contributed by atoms with Crippen molar-refractivity contribution in [2.75, 3.05) is 6.54 Å². The van der Waals surface area contributed by atoms with Crippen LogP contribution < -0.4 is 11.1 Å². The minimum Gasteiger partial charge on any atom is -0.349 e. The number of amides is 1. The van der Waals surface area contributed by atoms with Crippen LogP contribution in [0, 0.1) is 13.8 Å². The van der Waals surface area contributed by atoms with E-state index >= 15 is 0 Å². The van der Waals surface area contributed by atoms with Gasteiger partial charge in [-0.2, -0.15) is 0 Å². The number of aryl methyl sites for hydroxylation is 2. The van der Waals surface area contributed by atoms with Crippen molar-refractivity contribution in [2.45, 2.75) is 51.5 Å². The molecule has 3 N–H and O–H groups in total. The Morgan fingerprint density at radius 1 is 1.39 bits per heavy atom. The molecule has 1 saturated carbocycles. The molecule has 18 heavy (non-hydrogen) atoms. The van der Waals surface area contributed by atoms with Crippen LogP contribution in [0.15, 0.2) is 6.07 Å². The van der Waals surface area contributed by atoms with E-state index in [2.05, 4.69) is 5.32 Å². The number of rotatable bonds is 3. The molecule has 2 rings (SSSR count). The van der Waals surface area contributed by atoms with E-state index in [0.717, 1.165) is 17.7 Å². The normalized spacial score (nSPS) is 18.6. The number of hydrogen-bond acceptors (Lipinski definition) is 3. The van der Waals surface area contributed by atoms with E-state index < -0.39 is 0 Å². The lowest BCUT2D eigenvalue weighted by Crippen LogP contribution is -2.51. The van der Waals surface area contributed by atoms with Crippen LogP contribution in [0.3, 0.4) is 0 Å². The van der Waals surface area contributed by atoms with Gasteiger partial charge in [-0.3, -0.25) is 4.79 Å². The van der Waals surface area contributed by atoms with Crippen molar-refractivity contribution in [1.82, 2.24) is 5.32 Å². The summed E-state index contributed by atoms with van der Waals surface area (Å²) >= 11 is 1.56. The van der Waals surface area contributed by atoms with Gasteiger partial charge in [-0.15, -0.1) is 11.3 Å². The fourth-order valence-corrected chi connectivity index (χ4v) is 3.41. The van der Waals surface area contributed by atoms with E-state index in [4.69, 9.17) is 5.73 Å². The van der Waals surface area contributed by atoms with Gasteiger partial charge in [0.05, 0.1) is 4.88 Å². The van der Waals surface area contributed by atoms with Gasteiger partial charge >= 0.3 is 0 Å². The third-order valence-corrected chi connectivity index (χ3v) is 4.99. The number of nitrogens with one attached hydrogen (secondary N) is 1. The lowest BCUT2D eigenvalue weighted by molar-refractivity contribution is 0.0941. The zero-order valence-electron chi connectivity index (χ0n) is 11.2. The lowest BCUT2D eigenvalue weighted by atomic mass is 9.82. The summed E-state index contributed by atoms with van der Waals surface area (Å²) in [4.78, 5) is 14.0. The first kappa shape index (κ1) is 13.6. The Bertz CT molecular complexity index is 414. The Labute approximate surface area is 113 Å². The summed E-state index contributed by atoms with van der Waals surface area (Å²) in [5, 5.41) is 3.00. The van der Waals surface area contributed by atoms with Crippen molar-refractivity contribution in [3.05, 3.63) is 21.4 Å². The van der Waals surface area contributed by atoms with E-state index in [1.807, 2.05) is 19.9 Å². The molecule has 1 amide bonds. The largest absolute Gasteiger partial charge is 0.349 e. The molecule has 1 heterocycles. The van der Waals surface area contributed by atoms with Crippen LogP contribution in [-0.4, -0.2) is 18.0 Å². The summed E-state index contributed by atoms with van der Waals surface area (Å²) in [7, 11) is 0. The Morgan fingerprint density at radius 2 is 2.06 bits per heavy atom. The Kier molecular flexibility index (Phi) is 4.07. The van der Waals surface area contributed by atoms with Gasteiger partial charge in [-0.25, -0.2) is 0 Å². The van der Waals surface area contributed by atoms with E-state index in [9.17, 15) is 4.79 Å². The maximum Gasteiger partial charge on any atom is 0.261 e. The molecule has 1 aromatic heterocycles. The van der Waals surface area contributed by atoms with E-state index in [1.165, 1.54) is 29.7 Å². The van der Waals surface area contributed by atoms with Crippen LogP contribution in [-0.2, 0) is 0 Å². The molecule has 0 aliphatic heterocycles. The fraction of sp³-hybridized carbons (Fsp3) is 0.643. The summed E-state index contributed by atoms with van der Waals surface area (Å²) < 4.78 is 0. The smallest absolute Gasteiger partial charge is 0.261 e. The first-order valence-electron chi connectivity index (χ1n) is 6.64. The molecular weight excluding hydrogens is 244 g/mol. The predicted molar refractivity (Wildman–Crippen MR) is 76.1 cm³/mol. The average molecular weight is 266 g/mol. The van der Waals surface area contributed by atoms with Crippen molar-refractivity contribution in [1.29, 1.82) is 0 Å². The Hall–Kier alpha value is -0.870. The minimum absolute atomic E-state index is 0.0200. The van der Waals surface area contributed by atoms with Crippen molar-refractivity contribution >= 4 is 17.2 Å². The highest BCUT2D eigenvalue weighted by atomic mass is 32.1. The molecule has 0 aromatic carbocycles. The SMILES string of the molecule is Cc1cc(C(=O)NCC2(N)CCCCC2)sc1C. The molecule has 100 valence electrons. The van der Waals surface area contributed by atoms with Crippen LogP contribution in [0.4, 0.5) is 0 Å². The maximum absolute atomic E-state index is 12.0. The van der Waals surface area contributed by atoms with Gasteiger partial charge in [0.15, 0.2) is 0 Å². The van der Waals surface area contributed by atoms with E-state index in [1.54, 1.807) is 11.3 Å². The van der Waals surface area contributed by atoms with Crippen molar-refractivity contribution < 1.29 is 4.79 Å². The molecular formula is C14H22N2OS. The lowest BCUT2D eigenvalue weighted by Gasteiger charge is -2.33. The second-order valence-electron chi connectivity index (χ2n) is 5.46. The molecule has 3 nitrogen and oxygen atoms in total. The van der Waals surface area contributed by atoms with Crippen LogP contribution in [0.5, 0.6) is 0 Å². The molecule has 0 saturated heterocycles. The molecule has 1 aliphatic rings. The quantitative estimate of drug-likeness (QED) is 0.884. The van der Waals surface area contributed by atoms with Gasteiger partial charge in [-0.1, -0.05) is 19.3 Å². The van der Waals surface area contributed by atoms with Crippen molar-refractivity contribution in [3.8, 4) is 0 Å². The summed E-state index contributed by atoms with van der Waals surface area (Å²) in [5.41, 5.74) is 7.31. The number of thiophene rings is 1. The van der Waals surface area contributed by atoms with Crippen LogP contribution in [0.1, 0.15) is 52.2 Å². The second kappa shape index (κ2) is 5.41. The van der Waals surface area contributed by atoms with Gasteiger partial charge in [0.1, 0.15) is 0 Å². The van der Waals surface area contributed by atoms with Crippen molar-refractivity contribution in [2.24, 2.45) is 5.73 Å². The predicted octanol–water partition coefficient (Wildman–Crippen LogP) is 2.76. The van der Waals surface area contributed by atoms with Crippen LogP contribution >= 0.6 is 11.3 Å². The van der Waals surface area contributed by atoms with Gasteiger partial charge in [-0.05, 0) is 38.3 Å². The van der Waals surface area contributed by atoms with Gasteiger partial charge in [0, 0.05) is 17.0 Å². The first-order valence-corrected chi connectivity index (χ1v) is 7.46. The fourth-order valence-electron chi connectivity index (χ4n) is 2.46. The number of nitrogens with two attached hydrogens (primary N) is 1. The molecule has 0 spiro atoms. The third kappa shape index (κ3) is 3.12. The molecule has 0 atom stereocenters. The van der Waals surface area contributed by atoms with Gasteiger partial charge < -0.3 is 11.1 Å². The summed E-state index contributed by atoms with van der Waals surface area (Å²) in [5.74, 6) is 0.0200. The zero-order valence-corrected chi connectivity index (χ0v) is 12.0. The van der Waals surface area contributed by atoms with E-state index in [-0.39, 0.29) is 11.4 Å². The second-order valence-corrected chi connectivity index (χ2v) is 6.71. The molecule has 4 heteroatoms. The highest BCUT2D eigenvalue weighted by Gasteiger charge is 2.28. The van der Waals surface area contributed by atoms with Gasteiger partial charge in [0.25, 0.3) is 5.91 Å². The highest BCUT2D eigenvalue weighted by molar-refractivity contribution is 7.14. The van der Waals surface area contributed by atoms with Crippen molar-refractivity contribution in [3.63, 3.8) is 0 Å². The molecule has 1 aromatic rings. The summed E-state index contributed by atoms with van der Waals surface area (Å²) in [6.07, 6.45) is 5.69. The molecule has 1 aliphatic carbocycles. The zero-order chi connectivity index (χ0) is 13.2. The number of hydrogen-bond donors (Lipinski definition) is 2. The van der Waals surface area contributed by atoms with Crippen LogP contribution in [0.2, 0.25) is 0 Å². The Morgan fingerprint density at radius 3 is 2.61 bits per heavy atom. The topological polar surface area (TPSA) is 55.1 Å². The molecule has 0 radical (unpaired) electrons. The summed E-state index contributed by atoms with van der Waals surface area (Å²) in [6, 6.07) is 1.96. The molecule has 1 fully saturated rings. The number of carbonyl (C=O) groups is 1. The molecule has 0 bridgehead atoms. The first-order chi connectivity index (χ1) is 8.50. The van der Waals surface area contributed by atoms with Gasteiger partial charge in [0.2, 0.25) is 0 Å². The van der Waals surface area contributed by atoms with E-state index in [0.29, 0.717) is 6.54 Å². The Balaban J connectivity index is 1.91. The average Bonchev–Trinajstić information content (AvgIpc) is 2.68. The monoisotopic (exact) mass is 266 g/mol.